The van der Waals surface area contributed by atoms with E-state index in [1.807, 2.05) is 24.5 Å². The van der Waals surface area contributed by atoms with Crippen LogP contribution in [-0.2, 0) is 4.79 Å². The van der Waals surface area contributed by atoms with E-state index in [0.717, 1.165) is 34.4 Å². The van der Waals surface area contributed by atoms with Crippen LogP contribution in [0.2, 0.25) is 0 Å². The van der Waals surface area contributed by atoms with Crippen molar-refractivity contribution in [3.63, 3.8) is 0 Å². The molecule has 3 aromatic rings. The Morgan fingerprint density at radius 1 is 1.00 bits per heavy atom. The highest BCUT2D eigenvalue weighted by Gasteiger charge is 2.36. The van der Waals surface area contributed by atoms with Gasteiger partial charge in [0.15, 0.2) is 5.84 Å². The number of aromatic nitrogens is 1. The van der Waals surface area contributed by atoms with E-state index in [1.54, 1.807) is 30.3 Å². The van der Waals surface area contributed by atoms with Crippen molar-refractivity contribution in [3.8, 4) is 5.69 Å². The molecular formula is C24H17F2N5OS. The molecule has 0 saturated heterocycles. The Bertz CT molecular complexity index is 1400. The first kappa shape index (κ1) is 21.0. The first-order valence-corrected chi connectivity index (χ1v) is 10.8. The molecule has 2 aliphatic rings. The highest BCUT2D eigenvalue weighted by Crippen LogP contribution is 2.32. The number of amides is 1. The van der Waals surface area contributed by atoms with Crippen molar-refractivity contribution in [1.29, 1.82) is 5.41 Å². The summed E-state index contributed by atoms with van der Waals surface area (Å²) in [6.07, 6.45) is 1.63. The summed E-state index contributed by atoms with van der Waals surface area (Å²) in [7, 11) is 0. The molecule has 1 amide bonds. The number of halogens is 2. The topological polar surface area (TPSA) is 73.8 Å². The summed E-state index contributed by atoms with van der Waals surface area (Å²) in [6, 6.07) is 13.9. The van der Waals surface area contributed by atoms with Gasteiger partial charge in [-0.2, -0.15) is 15.1 Å². The van der Waals surface area contributed by atoms with Gasteiger partial charge in [0.25, 0.3) is 5.91 Å². The van der Waals surface area contributed by atoms with Crippen molar-refractivity contribution >= 4 is 39.8 Å². The molecule has 0 atom stereocenters. The van der Waals surface area contributed by atoms with Gasteiger partial charge in [0, 0.05) is 22.6 Å². The standard InChI is InChI=1S/C24H17F2N5OS/c1-13-11-16(14(2)30(13)19-9-7-18(26)8-10-19)12-20-21(27)31-24(28-22(20)32)33-23(29-31)15-3-5-17(25)6-4-15/h3-12,27H,1-2H3/b20-12-,27-21?. The molecule has 2 aliphatic heterocycles. The number of hydrogen-bond donors (Lipinski definition) is 1. The molecule has 0 unspecified atom stereocenters. The van der Waals surface area contributed by atoms with Gasteiger partial charge in [-0.3, -0.25) is 10.2 Å². The summed E-state index contributed by atoms with van der Waals surface area (Å²) in [5, 5.41) is 15.1. The fraction of sp³-hybridized carbons (Fsp3) is 0.0833. The van der Waals surface area contributed by atoms with E-state index in [9.17, 15) is 13.6 Å². The Balaban J connectivity index is 1.50. The molecule has 164 valence electrons. The molecule has 33 heavy (non-hydrogen) atoms. The largest absolute Gasteiger partial charge is 0.318 e. The summed E-state index contributed by atoms with van der Waals surface area (Å²) >= 11 is 1.16. The second kappa shape index (κ2) is 7.93. The van der Waals surface area contributed by atoms with E-state index >= 15 is 0 Å². The molecule has 0 saturated carbocycles. The number of amidine groups is 2. The Labute approximate surface area is 192 Å². The van der Waals surface area contributed by atoms with Crippen molar-refractivity contribution in [1.82, 2.24) is 9.58 Å². The van der Waals surface area contributed by atoms with Crippen molar-refractivity contribution in [3.05, 3.63) is 94.3 Å². The summed E-state index contributed by atoms with van der Waals surface area (Å²) < 4.78 is 28.5. The zero-order chi connectivity index (χ0) is 23.3. The van der Waals surface area contributed by atoms with Crippen LogP contribution in [0.25, 0.3) is 11.8 Å². The average Bonchev–Trinajstić information content (AvgIpc) is 3.33. The molecule has 0 bridgehead atoms. The van der Waals surface area contributed by atoms with Gasteiger partial charge in [-0.25, -0.2) is 8.78 Å². The number of benzene rings is 2. The number of nitrogens with one attached hydrogen (secondary N) is 1. The van der Waals surface area contributed by atoms with E-state index in [1.165, 1.54) is 29.3 Å². The number of aliphatic imine (C=N–C) groups is 1. The predicted molar refractivity (Wildman–Crippen MR) is 126 cm³/mol. The van der Waals surface area contributed by atoms with Gasteiger partial charge in [-0.1, -0.05) is 0 Å². The van der Waals surface area contributed by atoms with E-state index in [4.69, 9.17) is 5.41 Å². The van der Waals surface area contributed by atoms with Crippen LogP contribution in [0.1, 0.15) is 22.5 Å². The Morgan fingerprint density at radius 2 is 1.64 bits per heavy atom. The van der Waals surface area contributed by atoms with Gasteiger partial charge >= 0.3 is 0 Å². The number of aryl methyl sites for hydroxylation is 1. The van der Waals surface area contributed by atoms with E-state index in [-0.39, 0.29) is 23.0 Å². The van der Waals surface area contributed by atoms with Crippen LogP contribution in [0, 0.1) is 30.9 Å². The third-order valence-electron chi connectivity index (χ3n) is 5.40. The molecule has 2 aromatic carbocycles. The smallest absolute Gasteiger partial charge is 0.283 e. The Morgan fingerprint density at radius 3 is 2.30 bits per heavy atom. The summed E-state index contributed by atoms with van der Waals surface area (Å²) in [4.78, 5) is 16.9. The summed E-state index contributed by atoms with van der Waals surface area (Å²) in [6.45, 7) is 3.81. The molecular weight excluding hydrogens is 444 g/mol. The quantitative estimate of drug-likeness (QED) is 0.556. The second-order valence-corrected chi connectivity index (χ2v) is 8.53. The van der Waals surface area contributed by atoms with Crippen LogP contribution < -0.4 is 0 Å². The Kier molecular flexibility index (Phi) is 5.05. The van der Waals surface area contributed by atoms with Crippen molar-refractivity contribution in [2.45, 2.75) is 13.8 Å². The zero-order valence-electron chi connectivity index (χ0n) is 17.6. The van der Waals surface area contributed by atoms with Crippen molar-refractivity contribution < 1.29 is 13.6 Å². The number of carbonyl (C=O) groups is 1. The van der Waals surface area contributed by atoms with Crippen LogP contribution >= 0.6 is 11.8 Å². The highest BCUT2D eigenvalue weighted by molar-refractivity contribution is 8.27. The summed E-state index contributed by atoms with van der Waals surface area (Å²) in [5.41, 5.74) is 4.07. The fourth-order valence-electron chi connectivity index (χ4n) is 3.78. The van der Waals surface area contributed by atoms with E-state index in [2.05, 4.69) is 10.1 Å². The lowest BCUT2D eigenvalue weighted by atomic mass is 10.1. The maximum absolute atomic E-state index is 13.3. The van der Waals surface area contributed by atoms with Crippen molar-refractivity contribution in [2.75, 3.05) is 0 Å². The lowest BCUT2D eigenvalue weighted by Gasteiger charge is -2.20. The SMILES string of the molecule is Cc1cc(/C=C2/C(=N)N3N=C(c4ccc(F)cc4)SC3=NC2=O)c(C)n1-c1ccc(F)cc1. The maximum atomic E-state index is 13.3. The van der Waals surface area contributed by atoms with Crippen LogP contribution in [0.15, 0.2) is 70.3 Å². The first-order valence-electron chi connectivity index (χ1n) is 10.0. The maximum Gasteiger partial charge on any atom is 0.283 e. The van der Waals surface area contributed by atoms with E-state index < -0.39 is 5.91 Å². The minimum atomic E-state index is -0.527. The van der Waals surface area contributed by atoms with Gasteiger partial charge in [0.05, 0.1) is 5.57 Å². The fourth-order valence-corrected chi connectivity index (χ4v) is 4.67. The number of nitrogens with zero attached hydrogens (tertiary/aromatic N) is 4. The van der Waals surface area contributed by atoms with Crippen LogP contribution in [0.5, 0.6) is 0 Å². The molecule has 9 heteroatoms. The number of hydrogen-bond acceptors (Lipinski definition) is 4. The average molecular weight is 461 g/mol. The molecule has 0 fully saturated rings. The van der Waals surface area contributed by atoms with Gasteiger partial charge in [-0.15, -0.1) is 0 Å². The number of carbonyl (C=O) groups excluding carboxylic acids is 1. The van der Waals surface area contributed by atoms with Gasteiger partial charge in [0.2, 0.25) is 5.17 Å². The highest BCUT2D eigenvalue weighted by atomic mass is 32.2. The van der Waals surface area contributed by atoms with Gasteiger partial charge in [-0.05, 0) is 91.8 Å². The molecule has 1 aromatic heterocycles. The third kappa shape index (κ3) is 3.70. The molecule has 1 N–H and O–H groups in total. The predicted octanol–water partition coefficient (Wildman–Crippen LogP) is 5.04. The lowest BCUT2D eigenvalue weighted by Crippen LogP contribution is -2.35. The van der Waals surface area contributed by atoms with Crippen LogP contribution in [0.4, 0.5) is 8.78 Å². The second-order valence-electron chi connectivity index (χ2n) is 7.57. The van der Waals surface area contributed by atoms with Crippen molar-refractivity contribution in [2.24, 2.45) is 10.1 Å². The minimum Gasteiger partial charge on any atom is -0.318 e. The molecule has 0 radical (unpaired) electrons. The van der Waals surface area contributed by atoms with E-state index in [0.29, 0.717) is 15.8 Å². The monoisotopic (exact) mass is 461 g/mol. The van der Waals surface area contributed by atoms with Crippen LogP contribution in [0.3, 0.4) is 0 Å². The normalized spacial score (nSPS) is 16.8. The number of rotatable bonds is 3. The first-order chi connectivity index (χ1) is 15.8. The van der Waals surface area contributed by atoms with Gasteiger partial charge in [0.1, 0.15) is 16.7 Å². The Hall–Kier alpha value is -3.85. The molecule has 0 spiro atoms. The van der Waals surface area contributed by atoms with Crippen LogP contribution in [-0.4, -0.2) is 31.5 Å². The molecule has 3 heterocycles. The number of fused-ring (bicyclic) bond motifs is 1. The minimum absolute atomic E-state index is 0.0822. The number of thioether (sulfide) groups is 1. The number of hydrazone groups is 1. The molecule has 5 rings (SSSR count). The zero-order valence-corrected chi connectivity index (χ0v) is 18.5. The molecule has 6 nitrogen and oxygen atoms in total. The van der Waals surface area contributed by atoms with Gasteiger partial charge < -0.3 is 4.57 Å². The third-order valence-corrected chi connectivity index (χ3v) is 6.36. The summed E-state index contributed by atoms with van der Waals surface area (Å²) in [5.74, 6) is -1.28. The molecule has 0 aliphatic carbocycles. The lowest BCUT2D eigenvalue weighted by molar-refractivity contribution is -0.114.